The van der Waals surface area contributed by atoms with E-state index in [0.29, 0.717) is 17.5 Å². The zero-order valence-corrected chi connectivity index (χ0v) is 13.7. The number of tetrazole rings is 1. The summed E-state index contributed by atoms with van der Waals surface area (Å²) >= 11 is 1.29. The molecule has 0 radical (unpaired) electrons. The summed E-state index contributed by atoms with van der Waals surface area (Å²) in [5.41, 5.74) is 1.83. The van der Waals surface area contributed by atoms with Crippen LogP contribution in [0.3, 0.4) is 0 Å². The Labute approximate surface area is 133 Å². The van der Waals surface area contributed by atoms with Crippen LogP contribution in [0, 0.1) is 6.92 Å². The predicted molar refractivity (Wildman–Crippen MR) is 84.5 cm³/mol. The van der Waals surface area contributed by atoms with Crippen molar-refractivity contribution >= 4 is 17.7 Å². The molecular weight excluding hydrogens is 302 g/mol. The maximum Gasteiger partial charge on any atom is 0.230 e. The minimum Gasteiger partial charge on any atom is -0.494 e. The summed E-state index contributed by atoms with van der Waals surface area (Å²) in [7, 11) is 1.60. The van der Waals surface area contributed by atoms with Gasteiger partial charge in [0.05, 0.1) is 12.9 Å². The molecule has 0 saturated carbocycles. The minimum absolute atomic E-state index is 0.0300. The van der Waals surface area contributed by atoms with Crippen LogP contribution in [0.5, 0.6) is 5.75 Å². The Morgan fingerprint density at radius 2 is 2.27 bits per heavy atom. The molecule has 2 aromatic rings. The van der Waals surface area contributed by atoms with E-state index in [1.54, 1.807) is 11.8 Å². The molecule has 118 valence electrons. The van der Waals surface area contributed by atoms with Crippen LogP contribution in [-0.4, -0.2) is 45.5 Å². The number of ether oxygens (including phenoxy) is 1. The molecule has 0 aliphatic heterocycles. The Morgan fingerprint density at radius 1 is 1.45 bits per heavy atom. The van der Waals surface area contributed by atoms with Gasteiger partial charge >= 0.3 is 0 Å². The number of methoxy groups -OCH3 is 1. The number of hydrogen-bond donors (Lipinski definition) is 1. The number of aryl methyl sites for hydroxylation is 1. The number of carbonyl (C=O) groups is 1. The van der Waals surface area contributed by atoms with E-state index in [0.717, 1.165) is 17.7 Å². The summed E-state index contributed by atoms with van der Waals surface area (Å²) in [6.07, 6.45) is 0.911. The average molecular weight is 321 g/mol. The SMILES string of the molecule is CCCNC(=O)CSc1nnnn1-c1cc(C)ccc1OC. The first-order valence-electron chi connectivity index (χ1n) is 6.98. The minimum atomic E-state index is -0.0300. The van der Waals surface area contributed by atoms with Gasteiger partial charge in [-0.3, -0.25) is 4.79 Å². The Kier molecular flexibility index (Phi) is 5.76. The van der Waals surface area contributed by atoms with Gasteiger partial charge in [-0.2, -0.15) is 4.68 Å². The maximum absolute atomic E-state index is 11.7. The van der Waals surface area contributed by atoms with Gasteiger partial charge in [0.25, 0.3) is 0 Å². The molecule has 1 aromatic heterocycles. The normalized spacial score (nSPS) is 10.5. The molecule has 7 nitrogen and oxygen atoms in total. The summed E-state index contributed by atoms with van der Waals surface area (Å²) in [4.78, 5) is 11.7. The van der Waals surface area contributed by atoms with Crippen molar-refractivity contribution in [2.24, 2.45) is 0 Å². The van der Waals surface area contributed by atoms with Crippen molar-refractivity contribution in [2.45, 2.75) is 25.4 Å². The fourth-order valence-electron chi connectivity index (χ4n) is 1.83. The van der Waals surface area contributed by atoms with Crippen molar-refractivity contribution in [3.05, 3.63) is 23.8 Å². The van der Waals surface area contributed by atoms with Gasteiger partial charge in [0.1, 0.15) is 11.4 Å². The molecule has 0 aliphatic carbocycles. The Bertz CT molecular complexity index is 644. The van der Waals surface area contributed by atoms with Crippen LogP contribution < -0.4 is 10.1 Å². The first kappa shape index (κ1) is 16.3. The van der Waals surface area contributed by atoms with Crippen molar-refractivity contribution in [3.8, 4) is 11.4 Å². The molecule has 1 amide bonds. The summed E-state index contributed by atoms with van der Waals surface area (Å²) < 4.78 is 6.94. The third-order valence-corrected chi connectivity index (χ3v) is 3.83. The maximum atomic E-state index is 11.7. The second-order valence-corrected chi connectivity index (χ2v) is 5.63. The first-order chi connectivity index (χ1) is 10.7. The quantitative estimate of drug-likeness (QED) is 0.780. The highest BCUT2D eigenvalue weighted by molar-refractivity contribution is 7.99. The number of hydrogen-bond acceptors (Lipinski definition) is 6. The molecule has 2 rings (SSSR count). The smallest absolute Gasteiger partial charge is 0.230 e. The first-order valence-corrected chi connectivity index (χ1v) is 7.97. The topological polar surface area (TPSA) is 81.9 Å². The van der Waals surface area contributed by atoms with Gasteiger partial charge in [0.2, 0.25) is 11.1 Å². The predicted octanol–water partition coefficient (Wildman–Crippen LogP) is 1.60. The van der Waals surface area contributed by atoms with E-state index in [2.05, 4.69) is 20.8 Å². The highest BCUT2D eigenvalue weighted by atomic mass is 32.2. The fourth-order valence-corrected chi connectivity index (χ4v) is 2.54. The van der Waals surface area contributed by atoms with Crippen molar-refractivity contribution in [1.29, 1.82) is 0 Å². The zero-order chi connectivity index (χ0) is 15.9. The molecular formula is C14H19N5O2S. The molecule has 0 atom stereocenters. The summed E-state index contributed by atoms with van der Waals surface area (Å²) in [6.45, 7) is 4.67. The lowest BCUT2D eigenvalue weighted by Gasteiger charge is -2.10. The van der Waals surface area contributed by atoms with Crippen molar-refractivity contribution in [1.82, 2.24) is 25.5 Å². The van der Waals surface area contributed by atoms with Crippen LogP contribution in [0.1, 0.15) is 18.9 Å². The third-order valence-electron chi connectivity index (χ3n) is 2.91. The molecule has 22 heavy (non-hydrogen) atoms. The molecule has 8 heteroatoms. The van der Waals surface area contributed by atoms with Gasteiger partial charge in [-0.15, -0.1) is 5.10 Å². The molecule has 0 unspecified atom stereocenters. The lowest BCUT2D eigenvalue weighted by Crippen LogP contribution is -2.25. The van der Waals surface area contributed by atoms with Crippen molar-refractivity contribution in [2.75, 3.05) is 19.4 Å². The standard InChI is InChI=1S/C14H19N5O2S/c1-4-7-15-13(20)9-22-14-16-17-18-19(14)11-8-10(2)5-6-12(11)21-3/h5-6,8H,4,7,9H2,1-3H3,(H,15,20). The lowest BCUT2D eigenvalue weighted by molar-refractivity contribution is -0.118. The molecule has 0 aliphatic rings. The number of thioether (sulfide) groups is 1. The monoisotopic (exact) mass is 321 g/mol. The van der Waals surface area contributed by atoms with E-state index in [1.807, 2.05) is 32.0 Å². The third kappa shape index (κ3) is 3.97. The second kappa shape index (κ2) is 7.79. The van der Waals surface area contributed by atoms with E-state index >= 15 is 0 Å². The van der Waals surface area contributed by atoms with Crippen LogP contribution >= 0.6 is 11.8 Å². The number of amides is 1. The van der Waals surface area contributed by atoms with Gasteiger partial charge in [-0.05, 0) is 41.5 Å². The molecule has 0 bridgehead atoms. The van der Waals surface area contributed by atoms with E-state index < -0.39 is 0 Å². The van der Waals surface area contributed by atoms with Crippen molar-refractivity contribution in [3.63, 3.8) is 0 Å². The average Bonchev–Trinajstić information content (AvgIpc) is 2.99. The van der Waals surface area contributed by atoms with Gasteiger partial charge in [-0.25, -0.2) is 0 Å². The van der Waals surface area contributed by atoms with Gasteiger partial charge in [0.15, 0.2) is 0 Å². The molecule has 0 fully saturated rings. The van der Waals surface area contributed by atoms with Gasteiger partial charge in [-0.1, -0.05) is 24.8 Å². The van der Waals surface area contributed by atoms with E-state index in [9.17, 15) is 4.79 Å². The van der Waals surface area contributed by atoms with E-state index in [1.165, 1.54) is 11.8 Å². The summed E-state index contributed by atoms with van der Waals surface area (Å²) in [5.74, 6) is 0.918. The van der Waals surface area contributed by atoms with Crippen molar-refractivity contribution < 1.29 is 9.53 Å². The number of benzene rings is 1. The van der Waals surface area contributed by atoms with Crippen LogP contribution in [0.4, 0.5) is 0 Å². The highest BCUT2D eigenvalue weighted by Crippen LogP contribution is 2.26. The van der Waals surface area contributed by atoms with Crippen LogP contribution in [-0.2, 0) is 4.79 Å². The highest BCUT2D eigenvalue weighted by Gasteiger charge is 2.14. The van der Waals surface area contributed by atoms with E-state index in [-0.39, 0.29) is 11.7 Å². The molecule has 1 N–H and O–H groups in total. The number of aromatic nitrogens is 4. The number of rotatable bonds is 7. The molecule has 0 saturated heterocycles. The van der Waals surface area contributed by atoms with Crippen LogP contribution in [0.15, 0.2) is 23.4 Å². The Balaban J connectivity index is 2.16. The Hall–Kier alpha value is -2.09. The summed E-state index contributed by atoms with van der Waals surface area (Å²) in [5, 5.41) is 15.1. The van der Waals surface area contributed by atoms with Crippen LogP contribution in [0.25, 0.3) is 5.69 Å². The zero-order valence-electron chi connectivity index (χ0n) is 12.9. The van der Waals surface area contributed by atoms with Gasteiger partial charge < -0.3 is 10.1 Å². The molecule has 1 aromatic carbocycles. The van der Waals surface area contributed by atoms with Crippen LogP contribution in [0.2, 0.25) is 0 Å². The lowest BCUT2D eigenvalue weighted by atomic mass is 10.2. The van der Waals surface area contributed by atoms with E-state index in [4.69, 9.17) is 4.74 Å². The summed E-state index contributed by atoms with van der Waals surface area (Å²) in [6, 6.07) is 5.77. The number of nitrogens with one attached hydrogen (secondary N) is 1. The number of nitrogens with zero attached hydrogens (tertiary/aromatic N) is 4. The fraction of sp³-hybridized carbons (Fsp3) is 0.429. The molecule has 0 spiro atoms. The number of carbonyl (C=O) groups excluding carboxylic acids is 1. The second-order valence-electron chi connectivity index (χ2n) is 4.69. The Morgan fingerprint density at radius 3 is 3.00 bits per heavy atom. The van der Waals surface area contributed by atoms with Gasteiger partial charge in [0, 0.05) is 6.54 Å². The molecule has 1 heterocycles. The largest absolute Gasteiger partial charge is 0.494 e.